The van der Waals surface area contributed by atoms with Gasteiger partial charge in [-0.3, -0.25) is 4.79 Å². The highest BCUT2D eigenvalue weighted by Crippen LogP contribution is 2.31. The molecule has 0 bridgehead atoms. The van der Waals surface area contributed by atoms with Gasteiger partial charge in [0.1, 0.15) is 0 Å². The number of methoxy groups -OCH3 is 1. The van der Waals surface area contributed by atoms with Crippen LogP contribution in [0.15, 0.2) is 48.5 Å². The molecule has 3 amide bonds. The fourth-order valence-electron chi connectivity index (χ4n) is 4.75. The van der Waals surface area contributed by atoms with Gasteiger partial charge in [0.05, 0.1) is 24.5 Å². The molecule has 1 saturated heterocycles. The molecule has 0 saturated carbocycles. The molecule has 1 heterocycles. The van der Waals surface area contributed by atoms with Gasteiger partial charge in [-0.15, -0.1) is 0 Å². The lowest BCUT2D eigenvalue weighted by Crippen LogP contribution is -2.52. The van der Waals surface area contributed by atoms with Gasteiger partial charge in [-0.2, -0.15) is 17.5 Å². The third kappa shape index (κ3) is 9.58. The van der Waals surface area contributed by atoms with Crippen molar-refractivity contribution < 1.29 is 35.9 Å². The number of carbonyl (C=O) groups is 2. The molecule has 1 aliphatic heterocycles. The lowest BCUT2D eigenvalue weighted by molar-refractivity contribution is -0.137. The second-order valence-electron chi connectivity index (χ2n) is 10.0. The molecule has 2 aromatic carbocycles. The highest BCUT2D eigenvalue weighted by Gasteiger charge is 2.33. The van der Waals surface area contributed by atoms with E-state index in [-0.39, 0.29) is 56.8 Å². The number of sulfonamides is 1. The van der Waals surface area contributed by atoms with E-state index >= 15 is 0 Å². The van der Waals surface area contributed by atoms with Crippen molar-refractivity contribution in [3.05, 3.63) is 64.7 Å². The van der Waals surface area contributed by atoms with Crippen LogP contribution in [0.25, 0.3) is 0 Å². The molecular formula is C28H36ClF3N4O5S. The third-order valence-electron chi connectivity index (χ3n) is 6.91. The van der Waals surface area contributed by atoms with Gasteiger partial charge in [0, 0.05) is 50.0 Å². The summed E-state index contributed by atoms with van der Waals surface area (Å²) in [5.74, 6) is -0.491. The van der Waals surface area contributed by atoms with E-state index in [0.29, 0.717) is 24.3 Å². The van der Waals surface area contributed by atoms with E-state index in [4.69, 9.17) is 16.3 Å². The van der Waals surface area contributed by atoms with Crippen molar-refractivity contribution >= 4 is 39.2 Å². The Labute approximate surface area is 249 Å². The summed E-state index contributed by atoms with van der Waals surface area (Å²) in [5, 5.41) is 3.01. The van der Waals surface area contributed by atoms with E-state index in [0.717, 1.165) is 22.0 Å². The molecule has 0 radical (unpaired) electrons. The topological polar surface area (TPSA) is 99.3 Å². The summed E-state index contributed by atoms with van der Waals surface area (Å²) in [7, 11) is -2.24. The Morgan fingerprint density at radius 3 is 2.43 bits per heavy atom. The summed E-state index contributed by atoms with van der Waals surface area (Å²) in [6.45, 7) is 2.23. The first-order valence-corrected chi connectivity index (χ1v) is 15.6. The van der Waals surface area contributed by atoms with E-state index < -0.39 is 33.7 Å². The van der Waals surface area contributed by atoms with Gasteiger partial charge in [0.25, 0.3) is 0 Å². The molecule has 1 aliphatic rings. The fraction of sp³-hybridized carbons (Fsp3) is 0.500. The number of hydrogen-bond donors (Lipinski definition) is 1. The maximum absolute atomic E-state index is 13.7. The molecule has 0 atom stereocenters. The van der Waals surface area contributed by atoms with E-state index in [1.807, 2.05) is 6.07 Å². The highest BCUT2D eigenvalue weighted by atomic mass is 35.5. The Balaban J connectivity index is 1.74. The van der Waals surface area contributed by atoms with E-state index in [1.54, 1.807) is 30.0 Å². The van der Waals surface area contributed by atoms with E-state index in [2.05, 4.69) is 5.32 Å². The molecule has 1 N–H and O–H groups in total. The van der Waals surface area contributed by atoms with Crippen LogP contribution in [0.1, 0.15) is 37.3 Å². The van der Waals surface area contributed by atoms with Crippen molar-refractivity contribution in [3.8, 4) is 0 Å². The zero-order chi connectivity index (χ0) is 30.9. The first-order chi connectivity index (χ1) is 19.8. The van der Waals surface area contributed by atoms with Gasteiger partial charge in [-0.05, 0) is 55.2 Å². The van der Waals surface area contributed by atoms with Crippen LogP contribution in [0.2, 0.25) is 5.02 Å². The highest BCUT2D eigenvalue weighted by molar-refractivity contribution is 7.89. The summed E-state index contributed by atoms with van der Waals surface area (Å²) in [6, 6.07) is 10.6. The molecule has 2 aromatic rings. The van der Waals surface area contributed by atoms with Crippen LogP contribution in [0.4, 0.5) is 23.7 Å². The molecule has 0 aromatic heterocycles. The number of benzene rings is 2. The number of rotatable bonds is 12. The second kappa shape index (κ2) is 15.0. The van der Waals surface area contributed by atoms with Gasteiger partial charge in [0.2, 0.25) is 15.9 Å². The molecule has 9 nitrogen and oxygen atoms in total. The van der Waals surface area contributed by atoms with Crippen LogP contribution in [-0.4, -0.2) is 86.2 Å². The zero-order valence-corrected chi connectivity index (χ0v) is 25.1. The maximum atomic E-state index is 13.7. The Morgan fingerprint density at radius 2 is 1.81 bits per heavy atom. The van der Waals surface area contributed by atoms with Gasteiger partial charge < -0.3 is 19.9 Å². The number of likely N-dealkylation sites (tertiary alicyclic amines) is 1. The lowest BCUT2D eigenvalue weighted by atomic mass is 10.0. The number of nitrogens with zero attached hydrogens (tertiary/aromatic N) is 3. The van der Waals surface area contributed by atoms with Gasteiger partial charge in [-0.1, -0.05) is 36.7 Å². The molecule has 0 unspecified atom stereocenters. The Morgan fingerprint density at radius 1 is 1.12 bits per heavy atom. The third-order valence-corrected chi connectivity index (χ3v) is 9.17. The molecule has 1 fully saturated rings. The van der Waals surface area contributed by atoms with Crippen LogP contribution in [-0.2, 0) is 32.3 Å². The van der Waals surface area contributed by atoms with Gasteiger partial charge in [0.15, 0.2) is 0 Å². The first-order valence-electron chi connectivity index (χ1n) is 13.6. The molecule has 0 aliphatic carbocycles. The Bertz CT molecular complexity index is 1320. The number of hydrogen-bond acceptors (Lipinski definition) is 5. The average molecular weight is 633 g/mol. The van der Waals surface area contributed by atoms with E-state index in [9.17, 15) is 31.2 Å². The summed E-state index contributed by atoms with van der Waals surface area (Å²) < 4.78 is 71.2. The first kappa shape index (κ1) is 33.6. The normalized spacial score (nSPS) is 14.7. The van der Waals surface area contributed by atoms with Crippen molar-refractivity contribution in [3.63, 3.8) is 0 Å². The molecule has 14 heteroatoms. The maximum Gasteiger partial charge on any atom is 0.416 e. The zero-order valence-electron chi connectivity index (χ0n) is 23.6. The van der Waals surface area contributed by atoms with E-state index in [1.165, 1.54) is 24.1 Å². The Hall–Kier alpha value is -2.87. The smallest absolute Gasteiger partial charge is 0.383 e. The van der Waals surface area contributed by atoms with Crippen molar-refractivity contribution in [2.45, 2.75) is 44.9 Å². The fourth-order valence-corrected chi connectivity index (χ4v) is 6.39. The SMILES string of the molecule is CCCS(=O)(=O)N(CCOC)CC(=O)N(Cc1cccc(Cl)c1)C1CCN(C(=O)Nc2cccc(C(F)(F)F)c2)CC1. The second-order valence-corrected chi connectivity index (χ2v) is 12.5. The Kier molecular flexibility index (Phi) is 12.0. The molecule has 42 heavy (non-hydrogen) atoms. The standard InChI is InChI=1S/C28H36ClF3N4O5S/c1-3-16-42(39,40)35(14-15-41-2)20-26(37)36(19-21-6-4-8-23(29)17-21)25-10-12-34(13-11-25)27(38)33-24-9-5-7-22(18-24)28(30,31)32/h4-9,17-18,25H,3,10-16,19-20H2,1-2H3,(H,33,38). The minimum absolute atomic E-state index is 0.0270. The number of anilines is 1. The monoisotopic (exact) mass is 632 g/mol. The van der Waals surface area contributed by atoms with Crippen molar-refractivity contribution in [2.24, 2.45) is 0 Å². The molecular weight excluding hydrogens is 597 g/mol. The molecule has 0 spiro atoms. The number of alkyl halides is 3. The number of amides is 3. The van der Waals surface area contributed by atoms with Crippen LogP contribution >= 0.6 is 11.6 Å². The van der Waals surface area contributed by atoms with Crippen LogP contribution in [0.5, 0.6) is 0 Å². The molecule has 232 valence electrons. The summed E-state index contributed by atoms with van der Waals surface area (Å²) in [6.07, 6.45) is -3.36. The minimum atomic E-state index is -4.53. The van der Waals surface area contributed by atoms with Crippen LogP contribution < -0.4 is 5.32 Å². The predicted molar refractivity (Wildman–Crippen MR) is 155 cm³/mol. The number of carbonyl (C=O) groups excluding carboxylic acids is 2. The number of halogens is 4. The summed E-state index contributed by atoms with van der Waals surface area (Å²) in [5.41, 5.74) is -0.0748. The van der Waals surface area contributed by atoms with Crippen molar-refractivity contribution in [1.82, 2.24) is 14.1 Å². The minimum Gasteiger partial charge on any atom is -0.383 e. The van der Waals surface area contributed by atoms with Crippen LogP contribution in [0.3, 0.4) is 0 Å². The summed E-state index contributed by atoms with van der Waals surface area (Å²) in [4.78, 5) is 29.6. The van der Waals surface area contributed by atoms with Gasteiger partial charge >= 0.3 is 12.2 Å². The van der Waals surface area contributed by atoms with Crippen molar-refractivity contribution in [1.29, 1.82) is 0 Å². The average Bonchev–Trinajstić information content (AvgIpc) is 2.93. The predicted octanol–water partition coefficient (Wildman–Crippen LogP) is 5.07. The van der Waals surface area contributed by atoms with Gasteiger partial charge in [-0.25, -0.2) is 13.2 Å². The lowest BCUT2D eigenvalue weighted by Gasteiger charge is -2.39. The largest absolute Gasteiger partial charge is 0.416 e. The summed E-state index contributed by atoms with van der Waals surface area (Å²) >= 11 is 6.17. The number of ether oxygens (including phenoxy) is 1. The number of urea groups is 1. The van der Waals surface area contributed by atoms with Crippen molar-refractivity contribution in [2.75, 3.05) is 51.0 Å². The number of piperidine rings is 1. The quantitative estimate of drug-likeness (QED) is 0.352. The van der Waals surface area contributed by atoms with Crippen LogP contribution in [0, 0.1) is 0 Å². The molecule has 3 rings (SSSR count). The number of nitrogens with one attached hydrogen (secondary N) is 1.